The molecule has 1 N–H and O–H groups in total. The first-order valence-electron chi connectivity index (χ1n) is 8.59. The van der Waals surface area contributed by atoms with Crippen LogP contribution in [0.3, 0.4) is 0 Å². The van der Waals surface area contributed by atoms with Crippen molar-refractivity contribution < 1.29 is 13.5 Å². The van der Waals surface area contributed by atoms with Gasteiger partial charge in [0.1, 0.15) is 17.7 Å². The van der Waals surface area contributed by atoms with Crippen molar-refractivity contribution in [2.75, 3.05) is 5.32 Å². The highest BCUT2D eigenvalue weighted by molar-refractivity contribution is 5.86. The van der Waals surface area contributed by atoms with Crippen molar-refractivity contribution in [1.29, 1.82) is 0 Å². The minimum absolute atomic E-state index is 0.146. The van der Waals surface area contributed by atoms with Gasteiger partial charge in [-0.25, -0.2) is 4.98 Å². The molecule has 1 aliphatic rings. The molecule has 0 radical (unpaired) electrons. The van der Waals surface area contributed by atoms with E-state index in [-0.39, 0.29) is 5.75 Å². The van der Waals surface area contributed by atoms with Gasteiger partial charge in [0.15, 0.2) is 0 Å². The molecule has 4 nitrogen and oxygen atoms in total. The van der Waals surface area contributed by atoms with Gasteiger partial charge in [0.05, 0.1) is 11.0 Å². The Labute approximate surface area is 154 Å². The van der Waals surface area contributed by atoms with Crippen LogP contribution < -0.4 is 10.1 Å². The highest BCUT2D eigenvalue weighted by Crippen LogP contribution is 2.42. The number of hydrogen-bond donors (Lipinski definition) is 1. The van der Waals surface area contributed by atoms with Gasteiger partial charge in [0, 0.05) is 16.8 Å². The molecule has 6 heteroatoms. The molecule has 5 rings (SSSR count). The third-order valence-corrected chi connectivity index (χ3v) is 4.74. The van der Waals surface area contributed by atoms with E-state index in [2.05, 4.69) is 5.32 Å². The molecule has 3 aromatic carbocycles. The second kappa shape index (κ2) is 6.09. The van der Waals surface area contributed by atoms with Crippen LogP contribution in [0.1, 0.15) is 11.7 Å². The number of aromatic nitrogens is 2. The molecular formula is C21H15F2N3O. The number of ether oxygens (including phenoxy) is 1. The van der Waals surface area contributed by atoms with E-state index in [4.69, 9.17) is 9.72 Å². The molecule has 0 bridgehead atoms. The maximum Gasteiger partial charge on any atom is 0.387 e. The molecule has 1 aromatic heterocycles. The summed E-state index contributed by atoms with van der Waals surface area (Å²) in [4.78, 5) is 4.79. The fourth-order valence-electron chi connectivity index (χ4n) is 3.64. The lowest BCUT2D eigenvalue weighted by molar-refractivity contribution is -0.0506. The van der Waals surface area contributed by atoms with Crippen molar-refractivity contribution >= 4 is 16.7 Å². The minimum Gasteiger partial charge on any atom is -0.434 e. The van der Waals surface area contributed by atoms with E-state index in [0.29, 0.717) is 5.56 Å². The van der Waals surface area contributed by atoms with Crippen molar-refractivity contribution in [3.05, 3.63) is 78.4 Å². The molecule has 1 aliphatic heterocycles. The molecule has 0 saturated heterocycles. The summed E-state index contributed by atoms with van der Waals surface area (Å²) in [5.74, 6) is 0.940. The van der Waals surface area contributed by atoms with Gasteiger partial charge in [-0.2, -0.15) is 8.78 Å². The molecule has 0 amide bonds. The summed E-state index contributed by atoms with van der Waals surface area (Å²) in [6, 6.07) is 22.5. The molecule has 1 atom stereocenters. The first-order valence-corrected chi connectivity index (χ1v) is 8.59. The minimum atomic E-state index is -2.89. The molecule has 0 fully saturated rings. The third kappa shape index (κ3) is 2.52. The van der Waals surface area contributed by atoms with Crippen LogP contribution >= 0.6 is 0 Å². The first-order chi connectivity index (χ1) is 13.2. The number of hydrogen-bond acceptors (Lipinski definition) is 3. The summed E-state index contributed by atoms with van der Waals surface area (Å²) in [6.07, 6.45) is -0.419. The standard InChI is InChI=1S/C21H15F2N3O/c22-21(23)27-18-12-6-2-8-14(18)20-24-15-9-3-1-7-13(15)19-25-16-10-4-5-11-17(16)26(19)20/h1-12,20-21,24H. The van der Waals surface area contributed by atoms with Gasteiger partial charge in [-0.15, -0.1) is 0 Å². The van der Waals surface area contributed by atoms with Crippen molar-refractivity contribution in [1.82, 2.24) is 9.55 Å². The molecule has 1 unspecified atom stereocenters. The number of halogens is 2. The van der Waals surface area contributed by atoms with Crippen molar-refractivity contribution in [3.8, 4) is 17.1 Å². The van der Waals surface area contributed by atoms with E-state index >= 15 is 0 Å². The van der Waals surface area contributed by atoms with E-state index < -0.39 is 12.8 Å². The number of anilines is 1. The number of rotatable bonds is 3. The highest BCUT2D eigenvalue weighted by atomic mass is 19.3. The third-order valence-electron chi connectivity index (χ3n) is 4.74. The van der Waals surface area contributed by atoms with Crippen LogP contribution in [0.2, 0.25) is 0 Å². The quantitative estimate of drug-likeness (QED) is 0.538. The summed E-state index contributed by atoms with van der Waals surface area (Å²) in [5, 5.41) is 3.46. The Bertz CT molecular complexity index is 1140. The fourth-order valence-corrected chi connectivity index (χ4v) is 3.64. The van der Waals surface area contributed by atoms with Crippen LogP contribution in [0.25, 0.3) is 22.4 Å². The van der Waals surface area contributed by atoms with E-state index in [0.717, 1.165) is 28.1 Å². The number of nitrogens with zero attached hydrogens (tertiary/aromatic N) is 2. The Morgan fingerprint density at radius 1 is 0.926 bits per heavy atom. The maximum absolute atomic E-state index is 12.9. The topological polar surface area (TPSA) is 39.1 Å². The van der Waals surface area contributed by atoms with Gasteiger partial charge >= 0.3 is 6.61 Å². The zero-order chi connectivity index (χ0) is 18.4. The summed E-state index contributed by atoms with van der Waals surface area (Å²) >= 11 is 0. The Balaban J connectivity index is 1.77. The van der Waals surface area contributed by atoms with Gasteiger partial charge in [0.2, 0.25) is 0 Å². The van der Waals surface area contributed by atoms with Crippen LogP contribution in [0.15, 0.2) is 72.8 Å². The lowest BCUT2D eigenvalue weighted by atomic mass is 10.0. The van der Waals surface area contributed by atoms with Crippen molar-refractivity contribution in [2.24, 2.45) is 0 Å². The van der Waals surface area contributed by atoms with Crippen LogP contribution in [0.4, 0.5) is 14.5 Å². The number of imidazole rings is 1. The zero-order valence-electron chi connectivity index (χ0n) is 14.1. The Kier molecular flexibility index (Phi) is 3.57. The average molecular weight is 363 g/mol. The van der Waals surface area contributed by atoms with Crippen LogP contribution in [-0.4, -0.2) is 16.2 Å². The van der Waals surface area contributed by atoms with Gasteiger partial charge in [-0.1, -0.05) is 42.5 Å². The Morgan fingerprint density at radius 2 is 1.67 bits per heavy atom. The van der Waals surface area contributed by atoms with Gasteiger partial charge in [-0.05, 0) is 30.3 Å². The van der Waals surface area contributed by atoms with E-state index in [1.165, 1.54) is 0 Å². The second-order valence-electron chi connectivity index (χ2n) is 6.30. The Hall–Kier alpha value is -3.41. The average Bonchev–Trinajstić information content (AvgIpc) is 3.07. The van der Waals surface area contributed by atoms with E-state index in [9.17, 15) is 8.78 Å². The molecule has 27 heavy (non-hydrogen) atoms. The Morgan fingerprint density at radius 3 is 2.56 bits per heavy atom. The van der Waals surface area contributed by atoms with E-state index in [1.54, 1.807) is 18.2 Å². The predicted octanol–water partition coefficient (Wildman–Crippen LogP) is 5.28. The van der Waals surface area contributed by atoms with Gasteiger partial charge in [0.25, 0.3) is 0 Å². The molecule has 0 spiro atoms. The summed E-state index contributed by atoms with van der Waals surface area (Å²) in [5.41, 5.74) is 4.26. The van der Waals surface area contributed by atoms with Crippen molar-refractivity contribution in [3.63, 3.8) is 0 Å². The number of para-hydroxylation sites is 4. The number of benzene rings is 3. The highest BCUT2D eigenvalue weighted by Gasteiger charge is 2.30. The van der Waals surface area contributed by atoms with Crippen LogP contribution in [0, 0.1) is 0 Å². The normalized spacial score (nSPS) is 15.3. The van der Waals surface area contributed by atoms with Crippen LogP contribution in [0.5, 0.6) is 5.75 Å². The lowest BCUT2D eigenvalue weighted by Gasteiger charge is -2.31. The second-order valence-corrected chi connectivity index (χ2v) is 6.30. The summed E-state index contributed by atoms with van der Waals surface area (Å²) < 4.78 is 32.7. The molecule has 4 aromatic rings. The number of alkyl halides is 2. The smallest absolute Gasteiger partial charge is 0.387 e. The van der Waals surface area contributed by atoms with Gasteiger partial charge in [-0.3, -0.25) is 4.57 Å². The molecule has 2 heterocycles. The number of fused-ring (bicyclic) bond motifs is 5. The fraction of sp³-hybridized carbons (Fsp3) is 0.0952. The summed E-state index contributed by atoms with van der Waals surface area (Å²) in [6.45, 7) is -2.89. The van der Waals surface area contributed by atoms with Crippen molar-refractivity contribution in [2.45, 2.75) is 12.8 Å². The molecule has 0 aliphatic carbocycles. The summed E-state index contributed by atoms with van der Waals surface area (Å²) in [7, 11) is 0. The predicted molar refractivity (Wildman–Crippen MR) is 100 cm³/mol. The number of nitrogens with one attached hydrogen (secondary N) is 1. The molecule has 0 saturated carbocycles. The van der Waals surface area contributed by atoms with E-state index in [1.807, 2.05) is 59.2 Å². The van der Waals surface area contributed by atoms with Gasteiger partial charge < -0.3 is 10.1 Å². The van der Waals surface area contributed by atoms with Crippen LogP contribution in [-0.2, 0) is 0 Å². The first kappa shape index (κ1) is 15.8. The lowest BCUT2D eigenvalue weighted by Crippen LogP contribution is -2.25. The monoisotopic (exact) mass is 363 g/mol. The molecular weight excluding hydrogens is 348 g/mol. The maximum atomic E-state index is 12.9. The largest absolute Gasteiger partial charge is 0.434 e. The zero-order valence-corrected chi connectivity index (χ0v) is 14.1. The molecule has 134 valence electrons. The SMILES string of the molecule is FC(F)Oc1ccccc1C1Nc2ccccc2-c2nc3ccccc3n21.